The third-order valence-corrected chi connectivity index (χ3v) is 3.77. The van der Waals surface area contributed by atoms with Crippen LogP contribution in [0.25, 0.3) is 11.4 Å². The number of pyridine rings is 1. The molecule has 3 rings (SSSR count). The van der Waals surface area contributed by atoms with Gasteiger partial charge in [-0.25, -0.2) is 0 Å². The van der Waals surface area contributed by atoms with Crippen LogP contribution in [0.1, 0.15) is 26.2 Å². The van der Waals surface area contributed by atoms with Crippen LogP contribution in [0.4, 0.5) is 0 Å². The Labute approximate surface area is 123 Å². The summed E-state index contributed by atoms with van der Waals surface area (Å²) >= 11 is 0. The molecule has 2 aromatic rings. The quantitative estimate of drug-likeness (QED) is 0.842. The molecule has 21 heavy (non-hydrogen) atoms. The molecule has 1 saturated heterocycles. The van der Waals surface area contributed by atoms with Gasteiger partial charge in [0, 0.05) is 37.0 Å². The molecule has 0 bridgehead atoms. The Bertz CT molecular complexity index is 611. The van der Waals surface area contributed by atoms with E-state index in [4.69, 9.17) is 0 Å². The van der Waals surface area contributed by atoms with Crippen LogP contribution in [0.2, 0.25) is 0 Å². The van der Waals surface area contributed by atoms with Crippen molar-refractivity contribution in [1.82, 2.24) is 30.1 Å². The van der Waals surface area contributed by atoms with E-state index in [9.17, 15) is 4.79 Å². The number of likely N-dealkylation sites (tertiary alicyclic amines) is 1. The predicted octanol–water partition coefficient (Wildman–Crippen LogP) is 1.14. The summed E-state index contributed by atoms with van der Waals surface area (Å²) in [5.74, 6) is 0.699. The molecule has 2 aromatic heterocycles. The lowest BCUT2D eigenvalue weighted by Crippen LogP contribution is -2.34. The Morgan fingerprint density at radius 3 is 3.10 bits per heavy atom. The number of tetrazole rings is 1. The van der Waals surface area contributed by atoms with Crippen LogP contribution in [0.15, 0.2) is 24.5 Å². The van der Waals surface area contributed by atoms with Crippen LogP contribution in [-0.2, 0) is 11.3 Å². The Kier molecular flexibility index (Phi) is 3.89. The molecule has 3 heterocycles. The van der Waals surface area contributed by atoms with Crippen molar-refractivity contribution in [2.75, 3.05) is 6.54 Å². The lowest BCUT2D eigenvalue weighted by molar-refractivity contribution is -0.132. The Balaban J connectivity index is 1.59. The zero-order valence-electron chi connectivity index (χ0n) is 12.0. The highest BCUT2D eigenvalue weighted by molar-refractivity contribution is 5.76. The largest absolute Gasteiger partial charge is 0.340 e. The molecule has 0 N–H and O–H groups in total. The van der Waals surface area contributed by atoms with Crippen molar-refractivity contribution in [1.29, 1.82) is 0 Å². The Hall–Kier alpha value is -2.31. The average Bonchev–Trinajstić information content (AvgIpc) is 3.15. The number of carbonyl (C=O) groups is 1. The second kappa shape index (κ2) is 5.99. The predicted molar refractivity (Wildman–Crippen MR) is 76.1 cm³/mol. The zero-order valence-corrected chi connectivity index (χ0v) is 12.0. The van der Waals surface area contributed by atoms with Crippen LogP contribution in [0.5, 0.6) is 0 Å². The summed E-state index contributed by atoms with van der Waals surface area (Å²) in [5, 5.41) is 12.3. The summed E-state index contributed by atoms with van der Waals surface area (Å²) in [6.45, 7) is 3.42. The third kappa shape index (κ3) is 3.07. The second-order valence-corrected chi connectivity index (χ2v) is 5.28. The van der Waals surface area contributed by atoms with Crippen molar-refractivity contribution in [3.05, 3.63) is 24.5 Å². The SMILES string of the molecule is CC1CCCN1C(=O)CCn1nnc(-c2cccnc2)n1. The average molecular weight is 286 g/mol. The maximum absolute atomic E-state index is 12.1. The minimum absolute atomic E-state index is 0.167. The number of amides is 1. The van der Waals surface area contributed by atoms with Gasteiger partial charge in [0.25, 0.3) is 0 Å². The van der Waals surface area contributed by atoms with Gasteiger partial charge < -0.3 is 4.90 Å². The van der Waals surface area contributed by atoms with Gasteiger partial charge in [-0.2, -0.15) is 4.80 Å². The monoisotopic (exact) mass is 286 g/mol. The second-order valence-electron chi connectivity index (χ2n) is 5.28. The first-order valence-electron chi connectivity index (χ1n) is 7.22. The zero-order chi connectivity index (χ0) is 14.7. The molecule has 7 heteroatoms. The van der Waals surface area contributed by atoms with Crippen LogP contribution in [0, 0.1) is 0 Å². The summed E-state index contributed by atoms with van der Waals surface area (Å²) in [5.41, 5.74) is 0.822. The van der Waals surface area contributed by atoms with Gasteiger partial charge in [0.2, 0.25) is 11.7 Å². The standard InChI is InChI=1S/C14H18N6O/c1-11-4-3-8-19(11)13(21)6-9-20-17-14(16-18-20)12-5-2-7-15-10-12/h2,5,7,10-11H,3-4,6,8-9H2,1H3. The van der Waals surface area contributed by atoms with Crippen molar-refractivity contribution in [2.45, 2.75) is 38.8 Å². The van der Waals surface area contributed by atoms with E-state index >= 15 is 0 Å². The number of hydrogen-bond acceptors (Lipinski definition) is 5. The van der Waals surface area contributed by atoms with Crippen LogP contribution in [0.3, 0.4) is 0 Å². The fourth-order valence-corrected chi connectivity index (χ4v) is 2.59. The van der Waals surface area contributed by atoms with Gasteiger partial charge in [0.05, 0.1) is 6.54 Å². The fraction of sp³-hybridized carbons (Fsp3) is 0.500. The number of aryl methyl sites for hydroxylation is 1. The minimum atomic E-state index is 0.167. The highest BCUT2D eigenvalue weighted by atomic mass is 16.2. The highest BCUT2D eigenvalue weighted by Crippen LogP contribution is 2.17. The summed E-state index contributed by atoms with van der Waals surface area (Å²) < 4.78 is 0. The molecule has 0 radical (unpaired) electrons. The molecule has 1 aliphatic rings. The van der Waals surface area contributed by atoms with Crippen molar-refractivity contribution in [3.8, 4) is 11.4 Å². The molecule has 7 nitrogen and oxygen atoms in total. The smallest absolute Gasteiger partial charge is 0.224 e. The lowest BCUT2D eigenvalue weighted by atomic mass is 10.2. The maximum atomic E-state index is 12.1. The number of rotatable bonds is 4. The fourth-order valence-electron chi connectivity index (χ4n) is 2.59. The highest BCUT2D eigenvalue weighted by Gasteiger charge is 2.24. The van der Waals surface area contributed by atoms with Crippen LogP contribution in [-0.4, -0.2) is 48.6 Å². The first-order valence-corrected chi connectivity index (χ1v) is 7.22. The summed E-state index contributed by atoms with van der Waals surface area (Å²) in [4.78, 5) is 19.6. The Morgan fingerprint density at radius 1 is 1.48 bits per heavy atom. The molecule has 1 fully saturated rings. The maximum Gasteiger partial charge on any atom is 0.224 e. The Morgan fingerprint density at radius 2 is 2.38 bits per heavy atom. The van der Waals surface area contributed by atoms with E-state index in [0.29, 0.717) is 24.8 Å². The topological polar surface area (TPSA) is 76.8 Å². The van der Waals surface area contributed by atoms with E-state index < -0.39 is 0 Å². The van der Waals surface area contributed by atoms with Gasteiger partial charge in [0.1, 0.15) is 0 Å². The first-order chi connectivity index (χ1) is 10.2. The first kappa shape index (κ1) is 13.7. The molecular weight excluding hydrogens is 268 g/mol. The lowest BCUT2D eigenvalue weighted by Gasteiger charge is -2.21. The van der Waals surface area contributed by atoms with Crippen LogP contribution < -0.4 is 0 Å². The molecular formula is C14H18N6O. The number of carbonyl (C=O) groups excluding carboxylic acids is 1. The molecule has 1 atom stereocenters. The van der Waals surface area contributed by atoms with Crippen molar-refractivity contribution >= 4 is 5.91 Å². The van der Waals surface area contributed by atoms with Crippen molar-refractivity contribution in [2.24, 2.45) is 0 Å². The van der Waals surface area contributed by atoms with Crippen LogP contribution >= 0.6 is 0 Å². The molecule has 110 valence electrons. The van der Waals surface area contributed by atoms with E-state index in [2.05, 4.69) is 27.3 Å². The van der Waals surface area contributed by atoms with E-state index in [-0.39, 0.29) is 5.91 Å². The number of nitrogens with zero attached hydrogens (tertiary/aromatic N) is 6. The molecule has 1 aliphatic heterocycles. The summed E-state index contributed by atoms with van der Waals surface area (Å²) in [6, 6.07) is 4.06. The van der Waals surface area contributed by atoms with Gasteiger partial charge >= 0.3 is 0 Å². The van der Waals surface area contributed by atoms with Gasteiger partial charge in [0.15, 0.2) is 0 Å². The molecule has 0 saturated carbocycles. The molecule has 0 aliphatic carbocycles. The normalized spacial score (nSPS) is 18.1. The third-order valence-electron chi connectivity index (χ3n) is 3.77. The molecule has 0 spiro atoms. The molecule has 0 aromatic carbocycles. The van der Waals surface area contributed by atoms with Crippen molar-refractivity contribution < 1.29 is 4.79 Å². The molecule has 1 amide bonds. The van der Waals surface area contributed by atoms with Gasteiger partial charge in [-0.05, 0) is 37.1 Å². The van der Waals surface area contributed by atoms with E-state index in [1.807, 2.05) is 17.0 Å². The van der Waals surface area contributed by atoms with Gasteiger partial charge in [-0.3, -0.25) is 9.78 Å². The van der Waals surface area contributed by atoms with E-state index in [1.54, 1.807) is 12.4 Å². The van der Waals surface area contributed by atoms with E-state index in [0.717, 1.165) is 24.9 Å². The summed E-state index contributed by atoms with van der Waals surface area (Å²) in [6.07, 6.45) is 5.99. The van der Waals surface area contributed by atoms with Crippen molar-refractivity contribution in [3.63, 3.8) is 0 Å². The number of hydrogen-bond donors (Lipinski definition) is 0. The molecule has 1 unspecified atom stereocenters. The number of aromatic nitrogens is 5. The minimum Gasteiger partial charge on any atom is -0.340 e. The summed E-state index contributed by atoms with van der Waals surface area (Å²) in [7, 11) is 0. The van der Waals surface area contributed by atoms with Gasteiger partial charge in [-0.15, -0.1) is 10.2 Å². The van der Waals surface area contributed by atoms with Gasteiger partial charge in [-0.1, -0.05) is 0 Å². The van der Waals surface area contributed by atoms with E-state index in [1.165, 1.54) is 4.80 Å².